The smallest absolute Gasteiger partial charge is 0.120 e. The first-order valence-corrected chi connectivity index (χ1v) is 6.13. The van der Waals surface area contributed by atoms with Gasteiger partial charge in [-0.2, -0.15) is 11.8 Å². The molecule has 0 fully saturated rings. The topological polar surface area (TPSA) is 9.23 Å². The Hall–Kier alpha value is -0.150. The lowest BCUT2D eigenvalue weighted by Gasteiger charge is -2.05. The molecule has 0 N–H and O–H groups in total. The summed E-state index contributed by atoms with van der Waals surface area (Å²) in [6.45, 7) is 2.17. The molecule has 3 heteroatoms. The maximum atomic E-state index is 5.12. The molecule has 0 aliphatic rings. The zero-order valence-corrected chi connectivity index (χ0v) is 10.2. The molecule has 0 amide bonds. The Kier molecular flexibility index (Phi) is 4.67. The predicted octanol–water partition coefficient (Wildman–Crippen LogP) is 3.71. The molecule has 13 heavy (non-hydrogen) atoms. The van der Waals surface area contributed by atoms with Gasteiger partial charge < -0.3 is 4.74 Å². The van der Waals surface area contributed by atoms with Crippen LogP contribution in [0, 0.1) is 0 Å². The van der Waals surface area contributed by atoms with Gasteiger partial charge in [-0.25, -0.2) is 0 Å². The Labute approximate surface area is 92.0 Å². The number of hydrogen-bond donors (Lipinski definition) is 0. The molecule has 0 spiro atoms. The van der Waals surface area contributed by atoms with Crippen LogP contribution in [-0.4, -0.2) is 12.9 Å². The molecule has 0 aliphatic carbocycles. The lowest BCUT2D eigenvalue weighted by atomic mass is 10.2. The fourth-order valence-electron chi connectivity index (χ4n) is 0.984. The molecule has 1 nitrogen and oxygen atoms in total. The van der Waals surface area contributed by atoms with Crippen LogP contribution in [0.3, 0.4) is 0 Å². The molecular weight excluding hydrogens is 248 g/mol. The van der Waals surface area contributed by atoms with Gasteiger partial charge in [0.1, 0.15) is 5.75 Å². The minimum atomic E-state index is 0.900. The maximum absolute atomic E-state index is 5.12. The lowest BCUT2D eigenvalue weighted by Crippen LogP contribution is -1.87. The van der Waals surface area contributed by atoms with E-state index in [1.807, 2.05) is 23.9 Å². The Morgan fingerprint density at radius 1 is 1.46 bits per heavy atom. The van der Waals surface area contributed by atoms with E-state index in [-0.39, 0.29) is 0 Å². The summed E-state index contributed by atoms with van der Waals surface area (Å²) in [5.41, 5.74) is 1.33. The first-order chi connectivity index (χ1) is 6.27. The standard InChI is InChI=1S/C10H13BrOS/c1-3-13-7-8-4-5-9(12-2)6-10(8)11/h4-6H,3,7H2,1-2H3. The van der Waals surface area contributed by atoms with Crippen LogP contribution in [0.1, 0.15) is 12.5 Å². The third kappa shape index (κ3) is 3.24. The van der Waals surface area contributed by atoms with Gasteiger partial charge in [0.15, 0.2) is 0 Å². The minimum absolute atomic E-state index is 0.900. The van der Waals surface area contributed by atoms with E-state index in [1.54, 1.807) is 7.11 Å². The first kappa shape index (κ1) is 10.9. The quantitative estimate of drug-likeness (QED) is 0.817. The van der Waals surface area contributed by atoms with E-state index in [1.165, 1.54) is 5.56 Å². The molecule has 0 saturated carbocycles. The molecule has 0 radical (unpaired) electrons. The summed E-state index contributed by atoms with van der Waals surface area (Å²) >= 11 is 5.44. The summed E-state index contributed by atoms with van der Waals surface area (Å²) in [5, 5.41) is 0. The molecule has 0 heterocycles. The molecule has 0 aromatic heterocycles. The van der Waals surface area contributed by atoms with Crippen LogP contribution in [-0.2, 0) is 5.75 Å². The molecule has 1 aromatic rings. The third-order valence-corrected chi connectivity index (χ3v) is 3.38. The zero-order valence-electron chi connectivity index (χ0n) is 7.84. The van der Waals surface area contributed by atoms with Gasteiger partial charge in [0.05, 0.1) is 7.11 Å². The summed E-state index contributed by atoms with van der Waals surface area (Å²) < 4.78 is 6.25. The van der Waals surface area contributed by atoms with Gasteiger partial charge >= 0.3 is 0 Å². The van der Waals surface area contributed by atoms with Crippen molar-refractivity contribution in [2.75, 3.05) is 12.9 Å². The number of rotatable bonds is 4. The SMILES string of the molecule is CCSCc1ccc(OC)cc1Br. The fourth-order valence-corrected chi connectivity index (χ4v) is 2.34. The molecular formula is C10H13BrOS. The van der Waals surface area contributed by atoms with Crippen molar-refractivity contribution >= 4 is 27.7 Å². The average Bonchev–Trinajstić information content (AvgIpc) is 2.16. The third-order valence-electron chi connectivity index (χ3n) is 1.72. The van der Waals surface area contributed by atoms with E-state index >= 15 is 0 Å². The first-order valence-electron chi connectivity index (χ1n) is 4.18. The molecule has 0 unspecified atom stereocenters. The van der Waals surface area contributed by atoms with E-state index in [4.69, 9.17) is 4.74 Å². The van der Waals surface area contributed by atoms with Gasteiger partial charge in [0, 0.05) is 10.2 Å². The zero-order chi connectivity index (χ0) is 9.68. The van der Waals surface area contributed by atoms with Gasteiger partial charge in [0.25, 0.3) is 0 Å². The Balaban J connectivity index is 2.73. The number of thioether (sulfide) groups is 1. The molecule has 72 valence electrons. The Morgan fingerprint density at radius 2 is 2.23 bits per heavy atom. The summed E-state index contributed by atoms with van der Waals surface area (Å²) in [6.07, 6.45) is 0. The van der Waals surface area contributed by atoms with E-state index in [0.717, 1.165) is 21.7 Å². The van der Waals surface area contributed by atoms with Gasteiger partial charge in [-0.3, -0.25) is 0 Å². The van der Waals surface area contributed by atoms with Crippen molar-refractivity contribution in [2.24, 2.45) is 0 Å². The van der Waals surface area contributed by atoms with E-state index in [2.05, 4.69) is 28.9 Å². The number of halogens is 1. The second-order valence-corrected chi connectivity index (χ2v) is 4.72. The second-order valence-electron chi connectivity index (χ2n) is 2.59. The van der Waals surface area contributed by atoms with Gasteiger partial charge in [-0.05, 0) is 23.4 Å². The summed E-state index contributed by atoms with van der Waals surface area (Å²) in [4.78, 5) is 0. The van der Waals surface area contributed by atoms with Crippen LogP contribution >= 0.6 is 27.7 Å². The molecule has 0 aliphatic heterocycles. The van der Waals surface area contributed by atoms with Crippen LogP contribution in [0.4, 0.5) is 0 Å². The highest BCUT2D eigenvalue weighted by Crippen LogP contribution is 2.25. The van der Waals surface area contributed by atoms with Crippen LogP contribution < -0.4 is 4.74 Å². The van der Waals surface area contributed by atoms with Crippen molar-refractivity contribution in [3.8, 4) is 5.75 Å². The van der Waals surface area contributed by atoms with Gasteiger partial charge in [-0.1, -0.05) is 28.9 Å². The Morgan fingerprint density at radius 3 is 2.77 bits per heavy atom. The fraction of sp³-hybridized carbons (Fsp3) is 0.400. The van der Waals surface area contributed by atoms with Gasteiger partial charge in [-0.15, -0.1) is 0 Å². The van der Waals surface area contributed by atoms with Crippen LogP contribution in [0.2, 0.25) is 0 Å². The van der Waals surface area contributed by atoms with Crippen molar-refractivity contribution in [1.29, 1.82) is 0 Å². The highest BCUT2D eigenvalue weighted by Gasteiger charge is 2.00. The van der Waals surface area contributed by atoms with Crippen molar-refractivity contribution in [3.63, 3.8) is 0 Å². The van der Waals surface area contributed by atoms with Crippen molar-refractivity contribution in [3.05, 3.63) is 28.2 Å². The lowest BCUT2D eigenvalue weighted by molar-refractivity contribution is 0.414. The highest BCUT2D eigenvalue weighted by atomic mass is 79.9. The van der Waals surface area contributed by atoms with Crippen molar-refractivity contribution in [1.82, 2.24) is 0 Å². The largest absolute Gasteiger partial charge is 0.497 e. The van der Waals surface area contributed by atoms with E-state index < -0.39 is 0 Å². The average molecular weight is 261 g/mol. The molecule has 0 atom stereocenters. The number of hydrogen-bond acceptors (Lipinski definition) is 2. The van der Waals surface area contributed by atoms with Crippen LogP contribution in [0.5, 0.6) is 5.75 Å². The predicted molar refractivity (Wildman–Crippen MR) is 62.5 cm³/mol. The number of ether oxygens (including phenoxy) is 1. The van der Waals surface area contributed by atoms with Gasteiger partial charge in [0.2, 0.25) is 0 Å². The maximum Gasteiger partial charge on any atom is 0.120 e. The Bertz CT molecular complexity index is 276. The monoisotopic (exact) mass is 260 g/mol. The van der Waals surface area contributed by atoms with E-state index in [9.17, 15) is 0 Å². The summed E-state index contributed by atoms with van der Waals surface area (Å²) in [6, 6.07) is 6.10. The van der Waals surface area contributed by atoms with Crippen molar-refractivity contribution in [2.45, 2.75) is 12.7 Å². The second kappa shape index (κ2) is 5.55. The summed E-state index contributed by atoms with van der Waals surface area (Å²) in [7, 11) is 1.68. The molecule has 1 rings (SSSR count). The molecule has 1 aromatic carbocycles. The minimum Gasteiger partial charge on any atom is -0.497 e. The van der Waals surface area contributed by atoms with Crippen molar-refractivity contribution < 1.29 is 4.74 Å². The number of benzene rings is 1. The van der Waals surface area contributed by atoms with Crippen LogP contribution in [0.15, 0.2) is 22.7 Å². The number of methoxy groups -OCH3 is 1. The molecule has 0 saturated heterocycles. The highest BCUT2D eigenvalue weighted by molar-refractivity contribution is 9.10. The molecule has 0 bridgehead atoms. The van der Waals surface area contributed by atoms with E-state index in [0.29, 0.717) is 0 Å². The summed E-state index contributed by atoms with van der Waals surface area (Å²) in [5.74, 6) is 3.11. The van der Waals surface area contributed by atoms with Crippen LogP contribution in [0.25, 0.3) is 0 Å². The normalized spacial score (nSPS) is 10.1.